The van der Waals surface area contributed by atoms with Gasteiger partial charge in [0.1, 0.15) is 7.28 Å². The molecule has 0 bridgehead atoms. The highest BCUT2D eigenvalue weighted by atomic mass is 14.1. The molecule has 1 aliphatic rings. The van der Waals surface area contributed by atoms with E-state index in [1.807, 2.05) is 0 Å². The lowest BCUT2D eigenvalue weighted by Gasteiger charge is -2.20. The van der Waals surface area contributed by atoms with Gasteiger partial charge < -0.3 is 0 Å². The molecule has 2 atom stereocenters. The fourth-order valence-electron chi connectivity index (χ4n) is 2.72. The lowest BCUT2D eigenvalue weighted by atomic mass is 9.53. The second-order valence-electron chi connectivity index (χ2n) is 5.53. The van der Waals surface area contributed by atoms with Crippen molar-refractivity contribution in [3.63, 3.8) is 0 Å². The maximum absolute atomic E-state index is 2.59. The summed E-state index contributed by atoms with van der Waals surface area (Å²) in [6.45, 7) is 7.07. The van der Waals surface area contributed by atoms with Gasteiger partial charge in [-0.1, -0.05) is 77.4 Å². The van der Waals surface area contributed by atoms with E-state index in [0.717, 1.165) is 17.6 Å². The summed E-state index contributed by atoms with van der Waals surface area (Å²) in [5.74, 6) is 2.63. The normalized spacial score (nSPS) is 30.6. The molecule has 0 aromatic heterocycles. The number of rotatable bonds is 2. The maximum atomic E-state index is 2.59. The molecular formula is C13H26B. The smallest absolute Gasteiger partial charge is 0.0741 e. The minimum atomic E-state index is 0.771. The van der Waals surface area contributed by atoms with E-state index in [0.29, 0.717) is 0 Å². The first-order chi connectivity index (χ1) is 6.68. The topological polar surface area (TPSA) is 0 Å². The van der Waals surface area contributed by atoms with Crippen LogP contribution < -0.4 is 0 Å². The average Bonchev–Trinajstić information content (AvgIpc) is 2.16. The molecule has 0 aromatic rings. The first-order valence-electron chi connectivity index (χ1n) is 6.53. The molecule has 0 aliphatic heterocycles. The van der Waals surface area contributed by atoms with Gasteiger partial charge in [0.15, 0.2) is 0 Å². The lowest BCUT2D eigenvalue weighted by molar-refractivity contribution is 0.462. The van der Waals surface area contributed by atoms with Gasteiger partial charge in [-0.25, -0.2) is 0 Å². The Balaban J connectivity index is 2.36. The summed E-state index contributed by atoms with van der Waals surface area (Å²) in [7, 11) is 2.59. The lowest BCUT2D eigenvalue weighted by Crippen LogP contribution is -2.10. The van der Waals surface area contributed by atoms with Crippen LogP contribution in [0.25, 0.3) is 0 Å². The highest BCUT2D eigenvalue weighted by Gasteiger charge is 2.16. The zero-order valence-electron chi connectivity index (χ0n) is 10.3. The predicted octanol–water partition coefficient (Wildman–Crippen LogP) is 4.69. The Bertz CT molecular complexity index is 142. The predicted molar refractivity (Wildman–Crippen MR) is 66.1 cm³/mol. The molecule has 1 heteroatoms. The van der Waals surface area contributed by atoms with Gasteiger partial charge in [0.25, 0.3) is 0 Å². The fourth-order valence-corrected chi connectivity index (χ4v) is 2.72. The molecule has 1 rings (SSSR count). The van der Waals surface area contributed by atoms with Crippen LogP contribution in [-0.2, 0) is 0 Å². The molecule has 14 heavy (non-hydrogen) atoms. The van der Waals surface area contributed by atoms with E-state index in [1.165, 1.54) is 44.9 Å². The van der Waals surface area contributed by atoms with E-state index in [1.54, 1.807) is 0 Å². The van der Waals surface area contributed by atoms with Gasteiger partial charge in [-0.2, -0.15) is 0 Å². The standard InChI is InChI=1S/C13H26B/c1-11(2)14-13-9-7-5-4-6-8-12(3)10-13/h11-13H,4-10H2,1-3H3. The van der Waals surface area contributed by atoms with Crippen LogP contribution in [0.5, 0.6) is 0 Å². The Labute approximate surface area is 91.1 Å². The van der Waals surface area contributed by atoms with Gasteiger partial charge >= 0.3 is 0 Å². The Kier molecular flexibility index (Phi) is 5.66. The summed E-state index contributed by atoms with van der Waals surface area (Å²) in [6.07, 6.45) is 10.2. The van der Waals surface area contributed by atoms with Crippen LogP contribution in [0.2, 0.25) is 11.6 Å². The molecule has 81 valence electrons. The molecule has 1 aliphatic carbocycles. The third kappa shape index (κ3) is 5.07. The molecule has 0 heterocycles. The summed E-state index contributed by atoms with van der Waals surface area (Å²) >= 11 is 0. The molecular weight excluding hydrogens is 167 g/mol. The van der Waals surface area contributed by atoms with Crippen molar-refractivity contribution in [2.24, 2.45) is 5.92 Å². The molecule has 0 aromatic carbocycles. The molecule has 0 nitrogen and oxygen atoms in total. The molecule has 0 amide bonds. The Morgan fingerprint density at radius 1 is 1.00 bits per heavy atom. The van der Waals surface area contributed by atoms with Crippen LogP contribution in [0.1, 0.15) is 65.7 Å². The summed E-state index contributed by atoms with van der Waals surface area (Å²) < 4.78 is 0. The molecule has 0 N–H and O–H groups in total. The quantitative estimate of drug-likeness (QED) is 0.558. The summed E-state index contributed by atoms with van der Waals surface area (Å²) in [5, 5.41) is 0. The second kappa shape index (κ2) is 6.53. The minimum Gasteiger partial charge on any atom is -0.0741 e. The highest BCUT2D eigenvalue weighted by Crippen LogP contribution is 2.30. The zero-order valence-corrected chi connectivity index (χ0v) is 10.3. The SMILES string of the molecule is CC(C)[B]C1CCCCCCC(C)C1. The molecule has 1 saturated carbocycles. The molecule has 1 fully saturated rings. The second-order valence-corrected chi connectivity index (χ2v) is 5.53. The average molecular weight is 193 g/mol. The van der Waals surface area contributed by atoms with E-state index in [2.05, 4.69) is 28.1 Å². The van der Waals surface area contributed by atoms with E-state index in [-0.39, 0.29) is 0 Å². The van der Waals surface area contributed by atoms with Crippen LogP contribution in [0.3, 0.4) is 0 Å². The van der Waals surface area contributed by atoms with Crippen molar-refractivity contribution in [3.8, 4) is 0 Å². The van der Waals surface area contributed by atoms with E-state index in [4.69, 9.17) is 0 Å². The van der Waals surface area contributed by atoms with Crippen LogP contribution in [0.15, 0.2) is 0 Å². The van der Waals surface area contributed by atoms with Crippen molar-refractivity contribution in [1.29, 1.82) is 0 Å². The van der Waals surface area contributed by atoms with Crippen molar-refractivity contribution in [2.45, 2.75) is 77.4 Å². The van der Waals surface area contributed by atoms with Gasteiger partial charge in [-0.3, -0.25) is 0 Å². The Morgan fingerprint density at radius 3 is 2.29 bits per heavy atom. The van der Waals surface area contributed by atoms with Crippen LogP contribution in [-0.4, -0.2) is 7.28 Å². The molecule has 1 radical (unpaired) electrons. The monoisotopic (exact) mass is 193 g/mol. The van der Waals surface area contributed by atoms with Crippen molar-refractivity contribution >= 4 is 7.28 Å². The van der Waals surface area contributed by atoms with Crippen molar-refractivity contribution in [3.05, 3.63) is 0 Å². The third-order valence-corrected chi connectivity index (χ3v) is 3.38. The number of hydrogen-bond donors (Lipinski definition) is 0. The van der Waals surface area contributed by atoms with Crippen molar-refractivity contribution < 1.29 is 0 Å². The first kappa shape index (κ1) is 12.1. The molecule has 0 saturated heterocycles. The van der Waals surface area contributed by atoms with E-state index < -0.39 is 0 Å². The Hall–Kier alpha value is 0.0649. The van der Waals surface area contributed by atoms with E-state index in [9.17, 15) is 0 Å². The largest absolute Gasteiger partial charge is 0.117 e. The fraction of sp³-hybridized carbons (Fsp3) is 1.00. The van der Waals surface area contributed by atoms with Gasteiger partial charge in [0, 0.05) is 0 Å². The highest BCUT2D eigenvalue weighted by molar-refractivity contribution is 6.39. The van der Waals surface area contributed by atoms with E-state index >= 15 is 0 Å². The van der Waals surface area contributed by atoms with Crippen LogP contribution in [0.4, 0.5) is 0 Å². The van der Waals surface area contributed by atoms with Gasteiger partial charge in [0.05, 0.1) is 0 Å². The molecule has 0 spiro atoms. The molecule has 2 unspecified atom stereocenters. The number of hydrogen-bond acceptors (Lipinski definition) is 0. The Morgan fingerprint density at radius 2 is 1.64 bits per heavy atom. The summed E-state index contributed by atoms with van der Waals surface area (Å²) in [4.78, 5) is 0. The van der Waals surface area contributed by atoms with Crippen molar-refractivity contribution in [2.75, 3.05) is 0 Å². The third-order valence-electron chi connectivity index (χ3n) is 3.38. The summed E-state index contributed by atoms with van der Waals surface area (Å²) in [5.41, 5.74) is 0. The van der Waals surface area contributed by atoms with Crippen LogP contribution >= 0.6 is 0 Å². The van der Waals surface area contributed by atoms with Crippen LogP contribution in [0, 0.1) is 5.92 Å². The van der Waals surface area contributed by atoms with Gasteiger partial charge in [-0.05, 0) is 5.92 Å². The first-order valence-corrected chi connectivity index (χ1v) is 6.53. The summed E-state index contributed by atoms with van der Waals surface area (Å²) in [6, 6.07) is 0. The van der Waals surface area contributed by atoms with Gasteiger partial charge in [-0.15, -0.1) is 0 Å². The zero-order chi connectivity index (χ0) is 10.4. The minimum absolute atomic E-state index is 0.771. The maximum Gasteiger partial charge on any atom is 0.117 e. The van der Waals surface area contributed by atoms with Gasteiger partial charge in [0.2, 0.25) is 0 Å². The van der Waals surface area contributed by atoms with Crippen molar-refractivity contribution in [1.82, 2.24) is 0 Å².